The van der Waals surface area contributed by atoms with Crippen LogP contribution in [0.15, 0.2) is 171 Å². The van der Waals surface area contributed by atoms with Gasteiger partial charge in [0.1, 0.15) is 11.6 Å². The van der Waals surface area contributed by atoms with E-state index in [9.17, 15) is 19.2 Å². The number of benzene rings is 4. The highest BCUT2D eigenvalue weighted by molar-refractivity contribution is 6.15. The molecule has 0 unspecified atom stereocenters. The lowest BCUT2D eigenvalue weighted by atomic mass is 10.2. The molecule has 0 fully saturated rings. The van der Waals surface area contributed by atoms with Crippen molar-refractivity contribution in [2.75, 3.05) is 67.0 Å². The first-order valence-corrected chi connectivity index (χ1v) is 31.7. The average Bonchev–Trinajstić information content (AvgIpc) is 3.49. The molecule has 12 rings (SSSR count). The second-order valence-corrected chi connectivity index (χ2v) is 16.4. The highest BCUT2D eigenvalue weighted by Gasteiger charge is 2.29. The SMILES string of the molecule is C.CC.CC.CC.CC.CC.CC.CC.CC.CCN1C(=O)c2cccnc2Nc2ccccc21.CCN1C(=O)c2cccnc2Nc2ccccc21.CCN1C(=O)c2ccncc2Nc2ccccc21.CCN1C(=O)c2ccncc2Nc2ccccc21. The minimum atomic E-state index is -0.0157. The minimum Gasteiger partial charge on any atom is -0.352 e. The fourth-order valence-electron chi connectivity index (χ4n) is 8.80. The van der Waals surface area contributed by atoms with Crippen LogP contribution in [0, 0.1) is 0 Å². The van der Waals surface area contributed by atoms with E-state index < -0.39 is 0 Å². The molecule has 16 nitrogen and oxygen atoms in total. The molecule has 4 N–H and O–H groups in total. The van der Waals surface area contributed by atoms with Crippen LogP contribution >= 0.6 is 0 Å². The van der Waals surface area contributed by atoms with Crippen molar-refractivity contribution in [2.45, 2.75) is 146 Å². The molecule has 0 spiro atoms. The van der Waals surface area contributed by atoms with Gasteiger partial charge in [0.2, 0.25) is 0 Å². The molecule has 4 aliphatic heterocycles. The van der Waals surface area contributed by atoms with Gasteiger partial charge in [0.25, 0.3) is 23.6 Å². The molecule has 480 valence electrons. The summed E-state index contributed by atoms with van der Waals surface area (Å²) in [5.41, 5.74) is 11.3. The topological polar surface area (TPSA) is 181 Å². The van der Waals surface area contributed by atoms with Crippen LogP contribution < -0.4 is 40.9 Å². The molecular formula is C73H104N12O4. The van der Waals surface area contributed by atoms with E-state index in [0.717, 1.165) is 56.9 Å². The third-order valence-electron chi connectivity index (χ3n) is 12.2. The highest BCUT2D eigenvalue weighted by atomic mass is 16.2. The van der Waals surface area contributed by atoms with Crippen molar-refractivity contribution in [1.82, 2.24) is 19.9 Å². The van der Waals surface area contributed by atoms with Crippen LogP contribution in [0.5, 0.6) is 0 Å². The molecule has 0 bridgehead atoms. The predicted octanol–water partition coefficient (Wildman–Crippen LogP) is 20.1. The maximum Gasteiger partial charge on any atom is 0.262 e. The van der Waals surface area contributed by atoms with Gasteiger partial charge in [0.05, 0.1) is 91.5 Å². The number of aromatic nitrogens is 4. The first kappa shape index (κ1) is 79.6. The third-order valence-corrected chi connectivity index (χ3v) is 12.2. The summed E-state index contributed by atoms with van der Waals surface area (Å²) >= 11 is 0. The Balaban J connectivity index is 0.00000107. The zero-order chi connectivity index (χ0) is 66.1. The summed E-state index contributed by atoms with van der Waals surface area (Å²) in [6, 6.07) is 41.8. The number of hydrogen-bond acceptors (Lipinski definition) is 12. The van der Waals surface area contributed by atoms with Crippen LogP contribution in [0.3, 0.4) is 0 Å². The predicted molar refractivity (Wildman–Crippen MR) is 383 cm³/mol. The first-order chi connectivity index (χ1) is 43.2. The molecular weight excluding hydrogens is 1110 g/mol. The van der Waals surface area contributed by atoms with Crippen LogP contribution in [-0.2, 0) is 0 Å². The zero-order valence-electron chi connectivity index (χ0n) is 56.2. The lowest BCUT2D eigenvalue weighted by molar-refractivity contribution is 0.0981. The van der Waals surface area contributed by atoms with E-state index in [1.54, 1.807) is 93.2 Å². The number of nitrogens with one attached hydrogen (secondary N) is 4. The van der Waals surface area contributed by atoms with Gasteiger partial charge in [0, 0.05) is 51.0 Å². The third kappa shape index (κ3) is 20.3. The summed E-state index contributed by atoms with van der Waals surface area (Å²) in [6.45, 7) is 42.4. The van der Waals surface area contributed by atoms with E-state index in [0.29, 0.717) is 60.1 Å². The molecule has 16 heteroatoms. The van der Waals surface area contributed by atoms with Crippen molar-refractivity contribution in [3.8, 4) is 0 Å². The van der Waals surface area contributed by atoms with Crippen molar-refractivity contribution in [3.63, 3.8) is 0 Å². The number of hydrogen-bond donors (Lipinski definition) is 4. The lowest BCUT2D eigenvalue weighted by Gasteiger charge is -2.20. The largest absolute Gasteiger partial charge is 0.352 e. The van der Waals surface area contributed by atoms with E-state index in [1.165, 1.54) is 0 Å². The molecule has 4 aromatic heterocycles. The molecule has 0 aliphatic carbocycles. The van der Waals surface area contributed by atoms with E-state index >= 15 is 0 Å². The maximum absolute atomic E-state index is 12.5. The Labute approximate surface area is 534 Å². The standard InChI is InChI=1S/4C14H13N3O.8C2H6.CH4/c2*1-2-17-12-8-4-3-7-11(12)16-13-10(14(17)18)6-5-9-15-13;2*1-2-17-13-6-4-3-5-11(13)16-12-9-15-8-7-10(12)14(17)18;8*1-2;/h2*3-9H,2H2,1H3,(H,15,16);2*3-9,16H,2H2,1H3;8*1-2H3;1H4. The average molecular weight is 1210 g/mol. The monoisotopic (exact) mass is 1210 g/mol. The van der Waals surface area contributed by atoms with Crippen LogP contribution in [-0.4, -0.2) is 69.7 Å². The minimum absolute atomic E-state index is 0. The zero-order valence-corrected chi connectivity index (χ0v) is 56.2. The van der Waals surface area contributed by atoms with Gasteiger partial charge in [0.15, 0.2) is 0 Å². The van der Waals surface area contributed by atoms with Gasteiger partial charge in [-0.05, 0) is 113 Å². The second kappa shape index (κ2) is 44.9. The maximum atomic E-state index is 12.5. The summed E-state index contributed by atoms with van der Waals surface area (Å²) in [4.78, 5) is 73.6. The molecule has 0 atom stereocenters. The van der Waals surface area contributed by atoms with Crippen molar-refractivity contribution < 1.29 is 19.2 Å². The molecule has 8 aromatic rings. The second-order valence-electron chi connectivity index (χ2n) is 16.4. The number of amides is 4. The van der Waals surface area contributed by atoms with E-state index in [4.69, 9.17) is 0 Å². The smallest absolute Gasteiger partial charge is 0.262 e. The number of anilines is 12. The summed E-state index contributed by atoms with van der Waals surface area (Å²) in [7, 11) is 0. The number of carbonyl (C=O) groups is 4. The van der Waals surface area contributed by atoms with Gasteiger partial charge >= 0.3 is 0 Å². The Morgan fingerprint density at radius 1 is 0.292 bits per heavy atom. The Hall–Kier alpha value is -9.44. The first-order valence-electron chi connectivity index (χ1n) is 31.7. The Morgan fingerprint density at radius 2 is 0.539 bits per heavy atom. The van der Waals surface area contributed by atoms with Gasteiger partial charge < -0.3 is 40.9 Å². The van der Waals surface area contributed by atoms with Crippen LogP contribution in [0.4, 0.5) is 68.5 Å². The Bertz CT molecular complexity index is 2880. The molecule has 4 aliphatic rings. The number of fused-ring (bicyclic) bond motifs is 8. The number of carbonyl (C=O) groups excluding carboxylic acids is 4. The van der Waals surface area contributed by atoms with Gasteiger partial charge in [-0.1, -0.05) is 167 Å². The summed E-state index contributed by atoms with van der Waals surface area (Å²) < 4.78 is 0. The van der Waals surface area contributed by atoms with Crippen LogP contribution in [0.1, 0.15) is 187 Å². The van der Waals surface area contributed by atoms with Gasteiger partial charge in [-0.25, -0.2) is 9.97 Å². The Kier molecular flexibility index (Phi) is 40.2. The van der Waals surface area contributed by atoms with Gasteiger partial charge in [-0.2, -0.15) is 0 Å². The molecule has 0 radical (unpaired) electrons. The van der Waals surface area contributed by atoms with Crippen molar-refractivity contribution in [1.29, 1.82) is 0 Å². The molecule has 8 heterocycles. The van der Waals surface area contributed by atoms with Crippen LogP contribution in [0.2, 0.25) is 0 Å². The molecule has 0 saturated heterocycles. The van der Waals surface area contributed by atoms with E-state index in [1.807, 2.05) is 236 Å². The normalized spacial score (nSPS) is 11.4. The summed E-state index contributed by atoms with van der Waals surface area (Å²) in [6.07, 6.45) is 10.0. The van der Waals surface area contributed by atoms with Gasteiger partial charge in [-0.3, -0.25) is 29.1 Å². The number of nitrogens with zero attached hydrogens (tertiary/aromatic N) is 8. The number of para-hydroxylation sites is 8. The highest BCUT2D eigenvalue weighted by Crippen LogP contribution is 2.38. The fourth-order valence-corrected chi connectivity index (χ4v) is 8.80. The summed E-state index contributed by atoms with van der Waals surface area (Å²) in [5, 5.41) is 13.0. The van der Waals surface area contributed by atoms with Crippen molar-refractivity contribution >= 4 is 92.1 Å². The van der Waals surface area contributed by atoms with Gasteiger partial charge in [-0.15, -0.1) is 0 Å². The fraction of sp³-hybridized carbons (Fsp3) is 0.342. The Morgan fingerprint density at radius 3 is 0.809 bits per heavy atom. The lowest BCUT2D eigenvalue weighted by Crippen LogP contribution is -2.29. The van der Waals surface area contributed by atoms with Crippen molar-refractivity contribution in [3.05, 3.63) is 193 Å². The van der Waals surface area contributed by atoms with Crippen molar-refractivity contribution in [2.24, 2.45) is 0 Å². The molecule has 4 amide bonds. The van der Waals surface area contributed by atoms with Crippen LogP contribution in [0.25, 0.3) is 0 Å². The quantitative estimate of drug-likeness (QED) is 0.131. The molecule has 4 aromatic carbocycles. The number of rotatable bonds is 4. The summed E-state index contributed by atoms with van der Waals surface area (Å²) in [5.74, 6) is 1.22. The van der Waals surface area contributed by atoms with E-state index in [-0.39, 0.29) is 31.1 Å². The van der Waals surface area contributed by atoms with E-state index in [2.05, 4.69) is 41.2 Å². The molecule has 89 heavy (non-hydrogen) atoms. The molecule has 0 saturated carbocycles. The number of pyridine rings is 4.